The van der Waals surface area contributed by atoms with Gasteiger partial charge in [-0.05, 0) is 65.9 Å². The summed E-state index contributed by atoms with van der Waals surface area (Å²) in [6.07, 6.45) is 4.96. The van der Waals surface area contributed by atoms with Crippen molar-refractivity contribution in [3.05, 3.63) is 70.1 Å². The maximum atomic E-state index is 11.7. The number of carbonyl (C=O) groups is 2. The van der Waals surface area contributed by atoms with Crippen LogP contribution in [0.3, 0.4) is 0 Å². The minimum Gasteiger partial charge on any atom is -0.371 e. The van der Waals surface area contributed by atoms with E-state index in [1.165, 1.54) is 16.8 Å². The van der Waals surface area contributed by atoms with Crippen LogP contribution in [0.1, 0.15) is 23.1 Å². The number of rotatable bonds is 3. The molecule has 2 aromatic rings. The van der Waals surface area contributed by atoms with Crippen molar-refractivity contribution < 1.29 is 9.59 Å². The molecule has 0 aliphatic carbocycles. The summed E-state index contributed by atoms with van der Waals surface area (Å²) < 4.78 is 0. The van der Waals surface area contributed by atoms with E-state index in [-0.39, 0.29) is 11.1 Å². The van der Waals surface area contributed by atoms with Gasteiger partial charge in [-0.3, -0.25) is 14.9 Å². The van der Waals surface area contributed by atoms with Gasteiger partial charge in [0, 0.05) is 18.8 Å². The van der Waals surface area contributed by atoms with Gasteiger partial charge in [-0.15, -0.1) is 0 Å². The lowest BCUT2D eigenvalue weighted by Gasteiger charge is -2.36. The van der Waals surface area contributed by atoms with Crippen LogP contribution in [0, 0.1) is 0 Å². The molecule has 1 N–H and O–H groups in total. The van der Waals surface area contributed by atoms with Crippen LogP contribution in [0.2, 0.25) is 0 Å². The van der Waals surface area contributed by atoms with Gasteiger partial charge in [0.2, 0.25) is 0 Å². The number of thioether (sulfide) groups is 1. The number of anilines is 1. The van der Waals surface area contributed by atoms with Gasteiger partial charge >= 0.3 is 0 Å². The van der Waals surface area contributed by atoms with Crippen LogP contribution >= 0.6 is 11.8 Å². The average Bonchev–Trinajstić information content (AvgIpc) is 2.95. The van der Waals surface area contributed by atoms with E-state index in [9.17, 15) is 9.59 Å². The van der Waals surface area contributed by atoms with Gasteiger partial charge in [0.15, 0.2) is 0 Å². The highest BCUT2D eigenvalue weighted by Crippen LogP contribution is 2.33. The molecule has 2 aliphatic heterocycles. The Balaban J connectivity index is 1.54. The Kier molecular flexibility index (Phi) is 4.55. The first-order valence-corrected chi connectivity index (χ1v) is 9.56. The zero-order valence-corrected chi connectivity index (χ0v) is 15.4. The van der Waals surface area contributed by atoms with E-state index in [1.54, 1.807) is 6.08 Å². The number of amides is 2. The topological polar surface area (TPSA) is 49.4 Å². The van der Waals surface area contributed by atoms with Crippen molar-refractivity contribution in [2.24, 2.45) is 0 Å². The second-order valence-corrected chi connectivity index (χ2v) is 7.75. The van der Waals surface area contributed by atoms with Gasteiger partial charge in [-0.1, -0.05) is 36.4 Å². The Hall–Kier alpha value is -2.53. The van der Waals surface area contributed by atoms with E-state index in [0.29, 0.717) is 10.9 Å². The van der Waals surface area contributed by atoms with Gasteiger partial charge in [0.25, 0.3) is 11.1 Å². The molecule has 1 unspecified atom stereocenters. The number of nitrogens with zero attached hydrogens (tertiary/aromatic N) is 1. The molecule has 5 heteroatoms. The zero-order valence-electron chi connectivity index (χ0n) is 14.6. The van der Waals surface area contributed by atoms with E-state index in [2.05, 4.69) is 59.7 Å². The molecule has 1 atom stereocenters. The Morgan fingerprint density at radius 3 is 2.73 bits per heavy atom. The molecular formula is C21H20N2O2S. The van der Waals surface area contributed by atoms with E-state index in [4.69, 9.17) is 0 Å². The van der Waals surface area contributed by atoms with Crippen molar-refractivity contribution >= 4 is 34.7 Å². The first-order valence-electron chi connectivity index (χ1n) is 8.75. The standard InChI is InChI=1S/C21H20N2O2S/c1-23-17(12-14-5-3-2-4-6-14)9-8-16-11-15(7-10-18(16)23)13-19-20(24)22-21(25)26-19/h2-7,10-11,13,17H,8-9,12H2,1H3,(H,22,24,25). The normalized spacial score (nSPS) is 21.0. The molecule has 132 valence electrons. The lowest BCUT2D eigenvalue weighted by Crippen LogP contribution is -2.37. The van der Waals surface area contributed by atoms with E-state index >= 15 is 0 Å². The van der Waals surface area contributed by atoms with Crippen LogP contribution in [0.25, 0.3) is 6.08 Å². The van der Waals surface area contributed by atoms with Crippen molar-refractivity contribution in [2.75, 3.05) is 11.9 Å². The third-order valence-electron chi connectivity index (χ3n) is 5.03. The first kappa shape index (κ1) is 16.9. The number of likely N-dealkylation sites (N-methyl/N-ethyl adjacent to an activating group) is 1. The molecule has 2 amide bonds. The summed E-state index contributed by atoms with van der Waals surface area (Å²) in [7, 11) is 2.16. The third kappa shape index (κ3) is 3.40. The molecule has 2 heterocycles. The van der Waals surface area contributed by atoms with Crippen molar-refractivity contribution in [1.82, 2.24) is 5.32 Å². The summed E-state index contributed by atoms with van der Waals surface area (Å²) >= 11 is 0.959. The fourth-order valence-electron chi connectivity index (χ4n) is 3.65. The molecule has 0 bridgehead atoms. The highest BCUT2D eigenvalue weighted by molar-refractivity contribution is 8.18. The number of carbonyl (C=O) groups excluding carboxylic acids is 2. The second kappa shape index (κ2) is 7.00. The summed E-state index contributed by atoms with van der Waals surface area (Å²) in [4.78, 5) is 25.8. The fraction of sp³-hybridized carbons (Fsp3) is 0.238. The van der Waals surface area contributed by atoms with Gasteiger partial charge in [0.05, 0.1) is 4.91 Å². The maximum Gasteiger partial charge on any atom is 0.290 e. The quantitative estimate of drug-likeness (QED) is 0.836. The van der Waals surface area contributed by atoms with Crippen molar-refractivity contribution in [2.45, 2.75) is 25.3 Å². The second-order valence-electron chi connectivity index (χ2n) is 6.73. The minimum atomic E-state index is -0.308. The van der Waals surface area contributed by atoms with Crippen LogP contribution in [0.5, 0.6) is 0 Å². The third-order valence-corrected chi connectivity index (χ3v) is 5.84. The van der Waals surface area contributed by atoms with Crippen LogP contribution < -0.4 is 10.2 Å². The Morgan fingerprint density at radius 1 is 1.19 bits per heavy atom. The molecule has 4 nitrogen and oxygen atoms in total. The Labute approximate surface area is 157 Å². The van der Waals surface area contributed by atoms with Gasteiger partial charge in [0.1, 0.15) is 0 Å². The van der Waals surface area contributed by atoms with Crippen molar-refractivity contribution in [3.63, 3.8) is 0 Å². The number of aryl methyl sites for hydroxylation is 1. The smallest absolute Gasteiger partial charge is 0.290 e. The number of nitrogens with one attached hydrogen (secondary N) is 1. The molecule has 2 aromatic carbocycles. The average molecular weight is 364 g/mol. The maximum absolute atomic E-state index is 11.7. The number of hydrogen-bond donors (Lipinski definition) is 1. The highest BCUT2D eigenvalue weighted by Gasteiger charge is 2.26. The molecule has 0 aromatic heterocycles. The number of hydrogen-bond acceptors (Lipinski definition) is 4. The highest BCUT2D eigenvalue weighted by atomic mass is 32.2. The number of benzene rings is 2. The fourth-order valence-corrected chi connectivity index (χ4v) is 4.33. The molecule has 2 aliphatic rings. The molecule has 1 fully saturated rings. The molecule has 0 spiro atoms. The van der Waals surface area contributed by atoms with Crippen LogP contribution in [0.15, 0.2) is 53.4 Å². The lowest BCUT2D eigenvalue weighted by atomic mass is 9.91. The first-order chi connectivity index (χ1) is 12.6. The monoisotopic (exact) mass is 364 g/mol. The largest absolute Gasteiger partial charge is 0.371 e. The molecule has 0 radical (unpaired) electrons. The SMILES string of the molecule is CN1c2ccc(C=C3SC(=O)NC3=O)cc2CCC1Cc1ccccc1. The predicted octanol–water partition coefficient (Wildman–Crippen LogP) is 4.00. The molecule has 26 heavy (non-hydrogen) atoms. The van der Waals surface area contributed by atoms with Gasteiger partial charge < -0.3 is 4.90 Å². The van der Waals surface area contributed by atoms with Gasteiger partial charge in [-0.25, -0.2) is 0 Å². The molecule has 4 rings (SSSR count). The summed E-state index contributed by atoms with van der Waals surface area (Å²) in [5.74, 6) is -0.308. The van der Waals surface area contributed by atoms with E-state index in [0.717, 1.165) is 36.6 Å². The lowest BCUT2D eigenvalue weighted by molar-refractivity contribution is -0.115. The summed E-state index contributed by atoms with van der Waals surface area (Å²) in [5, 5.41) is 1.99. The molecular weight excluding hydrogens is 344 g/mol. The summed E-state index contributed by atoms with van der Waals surface area (Å²) in [5.41, 5.74) is 4.87. The summed E-state index contributed by atoms with van der Waals surface area (Å²) in [6.45, 7) is 0. The molecule has 0 saturated carbocycles. The van der Waals surface area contributed by atoms with Crippen LogP contribution in [0.4, 0.5) is 10.5 Å². The zero-order chi connectivity index (χ0) is 18.1. The predicted molar refractivity (Wildman–Crippen MR) is 106 cm³/mol. The van der Waals surface area contributed by atoms with Crippen molar-refractivity contribution in [1.29, 1.82) is 0 Å². The minimum absolute atomic E-state index is 0.303. The number of imide groups is 1. The summed E-state index contributed by atoms with van der Waals surface area (Å²) in [6, 6.07) is 17.4. The van der Waals surface area contributed by atoms with Gasteiger partial charge in [-0.2, -0.15) is 0 Å². The van der Waals surface area contributed by atoms with E-state index < -0.39 is 0 Å². The van der Waals surface area contributed by atoms with Crippen molar-refractivity contribution in [3.8, 4) is 0 Å². The molecule has 1 saturated heterocycles. The Bertz CT molecular complexity index is 892. The Morgan fingerprint density at radius 2 is 2.00 bits per heavy atom. The van der Waals surface area contributed by atoms with Crippen LogP contribution in [-0.2, 0) is 17.6 Å². The van der Waals surface area contributed by atoms with Crippen LogP contribution in [-0.4, -0.2) is 24.2 Å². The number of fused-ring (bicyclic) bond motifs is 1. The van der Waals surface area contributed by atoms with E-state index in [1.807, 2.05) is 6.07 Å².